The molecule has 3 aromatic rings. The first-order valence-corrected chi connectivity index (χ1v) is 11.7. The lowest BCUT2D eigenvalue weighted by atomic mass is 9.89. The van der Waals surface area contributed by atoms with Crippen molar-refractivity contribution >= 4 is 39.0 Å². The first-order chi connectivity index (χ1) is 13.6. The van der Waals surface area contributed by atoms with Crippen molar-refractivity contribution in [3.63, 3.8) is 0 Å². The molecule has 2 aromatic heterocycles. The summed E-state index contributed by atoms with van der Waals surface area (Å²) in [5, 5.41) is 1.51. The SMILES string of the molecule is CCCCN(CC)c1nc(Cl)nc2sc(C)c(-c3ccc4c(c3)CCCC4)c12. The van der Waals surface area contributed by atoms with Gasteiger partial charge in [-0.2, -0.15) is 4.98 Å². The van der Waals surface area contributed by atoms with Crippen LogP contribution in [0.3, 0.4) is 0 Å². The van der Waals surface area contributed by atoms with Gasteiger partial charge >= 0.3 is 0 Å². The predicted molar refractivity (Wildman–Crippen MR) is 122 cm³/mol. The average molecular weight is 414 g/mol. The second-order valence-corrected chi connectivity index (χ2v) is 9.19. The van der Waals surface area contributed by atoms with Crippen molar-refractivity contribution in [2.24, 2.45) is 0 Å². The second-order valence-electron chi connectivity index (χ2n) is 7.65. The van der Waals surface area contributed by atoms with Gasteiger partial charge in [-0.15, -0.1) is 11.3 Å². The number of halogens is 1. The van der Waals surface area contributed by atoms with Gasteiger partial charge in [-0.05, 0) is 74.2 Å². The maximum Gasteiger partial charge on any atom is 0.225 e. The van der Waals surface area contributed by atoms with Gasteiger partial charge in [-0.1, -0.05) is 31.5 Å². The number of benzene rings is 1. The molecule has 0 N–H and O–H groups in total. The fourth-order valence-corrected chi connectivity index (χ4v) is 5.55. The summed E-state index contributed by atoms with van der Waals surface area (Å²) in [6.07, 6.45) is 7.32. The Labute approximate surface area is 176 Å². The van der Waals surface area contributed by atoms with E-state index in [0.29, 0.717) is 5.28 Å². The van der Waals surface area contributed by atoms with Gasteiger partial charge in [0.25, 0.3) is 0 Å². The molecule has 3 nitrogen and oxygen atoms in total. The Kier molecular flexibility index (Phi) is 5.88. The summed E-state index contributed by atoms with van der Waals surface area (Å²) in [6, 6.07) is 7.03. The van der Waals surface area contributed by atoms with Gasteiger partial charge in [-0.25, -0.2) is 4.98 Å². The quantitative estimate of drug-likeness (QED) is 0.415. The van der Waals surface area contributed by atoms with Crippen molar-refractivity contribution in [1.82, 2.24) is 9.97 Å². The molecule has 1 aliphatic carbocycles. The van der Waals surface area contributed by atoms with E-state index in [1.807, 2.05) is 0 Å². The number of aryl methyl sites for hydroxylation is 3. The number of unbranched alkanes of at least 4 members (excludes halogenated alkanes) is 1. The molecule has 5 heteroatoms. The highest BCUT2D eigenvalue weighted by molar-refractivity contribution is 7.19. The van der Waals surface area contributed by atoms with E-state index in [4.69, 9.17) is 16.6 Å². The minimum Gasteiger partial charge on any atom is -0.356 e. The van der Waals surface area contributed by atoms with Crippen molar-refractivity contribution in [2.45, 2.75) is 59.3 Å². The molecule has 2 heterocycles. The highest BCUT2D eigenvalue weighted by atomic mass is 35.5. The Balaban J connectivity index is 1.90. The van der Waals surface area contributed by atoms with E-state index >= 15 is 0 Å². The standard InChI is InChI=1S/C23H28ClN3S/c1-4-6-13-27(5-2)21-20-19(15(3)28-22(20)26-23(24)25-21)18-12-11-16-9-7-8-10-17(16)14-18/h11-12,14H,4-10,13H2,1-3H3. The topological polar surface area (TPSA) is 29.0 Å². The van der Waals surface area contributed by atoms with Crippen molar-refractivity contribution in [3.05, 3.63) is 39.5 Å². The summed E-state index contributed by atoms with van der Waals surface area (Å²) in [6.45, 7) is 8.52. The molecular weight excluding hydrogens is 386 g/mol. The van der Waals surface area contributed by atoms with Crippen LogP contribution in [0.1, 0.15) is 55.5 Å². The van der Waals surface area contributed by atoms with E-state index in [2.05, 4.69) is 48.9 Å². The summed E-state index contributed by atoms with van der Waals surface area (Å²) in [7, 11) is 0. The molecule has 148 valence electrons. The van der Waals surface area contributed by atoms with Crippen LogP contribution in [0.2, 0.25) is 5.28 Å². The van der Waals surface area contributed by atoms with Crippen LogP contribution >= 0.6 is 22.9 Å². The summed E-state index contributed by atoms with van der Waals surface area (Å²) in [5.74, 6) is 0.989. The molecule has 28 heavy (non-hydrogen) atoms. The third-order valence-corrected chi connectivity index (χ3v) is 6.95. The summed E-state index contributed by atoms with van der Waals surface area (Å²) >= 11 is 8.05. The third-order valence-electron chi connectivity index (χ3n) is 5.78. The number of thiophene rings is 1. The first-order valence-electron chi connectivity index (χ1n) is 10.5. The van der Waals surface area contributed by atoms with Crippen LogP contribution in [-0.4, -0.2) is 23.1 Å². The van der Waals surface area contributed by atoms with Gasteiger partial charge < -0.3 is 4.90 Å². The predicted octanol–water partition coefficient (Wildman–Crippen LogP) is 6.83. The normalized spacial score (nSPS) is 13.7. The van der Waals surface area contributed by atoms with Crippen LogP contribution in [0.25, 0.3) is 21.3 Å². The van der Waals surface area contributed by atoms with E-state index in [9.17, 15) is 0 Å². The second kappa shape index (κ2) is 8.38. The van der Waals surface area contributed by atoms with Crippen molar-refractivity contribution in [1.29, 1.82) is 0 Å². The number of rotatable bonds is 6. The first kappa shape index (κ1) is 19.7. The van der Waals surface area contributed by atoms with E-state index in [1.165, 1.54) is 64.6 Å². The van der Waals surface area contributed by atoms with Gasteiger partial charge in [0.1, 0.15) is 10.6 Å². The van der Waals surface area contributed by atoms with Gasteiger partial charge in [0.2, 0.25) is 5.28 Å². The monoisotopic (exact) mass is 413 g/mol. The Morgan fingerprint density at radius 3 is 2.64 bits per heavy atom. The fraction of sp³-hybridized carbons (Fsp3) is 0.478. The summed E-state index contributed by atoms with van der Waals surface area (Å²) in [4.78, 5) is 13.9. The van der Waals surface area contributed by atoms with E-state index in [1.54, 1.807) is 11.3 Å². The van der Waals surface area contributed by atoms with Gasteiger partial charge in [-0.3, -0.25) is 0 Å². The number of aromatic nitrogens is 2. The zero-order valence-corrected chi connectivity index (χ0v) is 18.6. The lowest BCUT2D eigenvalue weighted by Crippen LogP contribution is -2.25. The third kappa shape index (κ3) is 3.65. The molecule has 0 atom stereocenters. The highest BCUT2D eigenvalue weighted by Crippen LogP contribution is 2.43. The smallest absolute Gasteiger partial charge is 0.225 e. The van der Waals surface area contributed by atoms with E-state index in [0.717, 1.165) is 30.2 Å². The van der Waals surface area contributed by atoms with Crippen molar-refractivity contribution in [2.75, 3.05) is 18.0 Å². The number of nitrogens with zero attached hydrogens (tertiary/aromatic N) is 3. The van der Waals surface area contributed by atoms with Crippen LogP contribution in [0.4, 0.5) is 5.82 Å². The molecule has 0 bridgehead atoms. The van der Waals surface area contributed by atoms with Gasteiger partial charge in [0.15, 0.2) is 0 Å². The molecule has 0 radical (unpaired) electrons. The number of fused-ring (bicyclic) bond motifs is 2. The molecule has 1 aromatic carbocycles. The minimum atomic E-state index is 0.343. The van der Waals surface area contributed by atoms with Crippen LogP contribution < -0.4 is 4.90 Å². The van der Waals surface area contributed by atoms with Gasteiger partial charge in [0.05, 0.1) is 5.39 Å². The molecule has 0 aliphatic heterocycles. The molecule has 0 amide bonds. The molecule has 0 saturated carbocycles. The highest BCUT2D eigenvalue weighted by Gasteiger charge is 2.22. The zero-order valence-electron chi connectivity index (χ0n) is 17.0. The number of anilines is 1. The molecule has 0 unspecified atom stereocenters. The Bertz CT molecular complexity index is 995. The fourth-order valence-electron chi connectivity index (χ4n) is 4.30. The zero-order chi connectivity index (χ0) is 19.7. The molecule has 1 aliphatic rings. The Morgan fingerprint density at radius 2 is 1.89 bits per heavy atom. The Hall–Kier alpha value is -1.65. The largest absolute Gasteiger partial charge is 0.356 e. The van der Waals surface area contributed by atoms with Crippen LogP contribution in [0.15, 0.2) is 18.2 Å². The van der Waals surface area contributed by atoms with E-state index < -0.39 is 0 Å². The average Bonchev–Trinajstić information content (AvgIpc) is 3.03. The summed E-state index contributed by atoms with van der Waals surface area (Å²) < 4.78 is 0. The van der Waals surface area contributed by atoms with E-state index in [-0.39, 0.29) is 0 Å². The molecule has 0 spiro atoms. The lowest BCUT2D eigenvalue weighted by Gasteiger charge is -2.23. The number of hydrogen-bond donors (Lipinski definition) is 0. The summed E-state index contributed by atoms with van der Waals surface area (Å²) in [5.41, 5.74) is 5.61. The molecular formula is C23H28ClN3S. The molecule has 4 rings (SSSR count). The van der Waals surface area contributed by atoms with Gasteiger partial charge in [0, 0.05) is 23.5 Å². The van der Waals surface area contributed by atoms with Crippen molar-refractivity contribution in [3.8, 4) is 11.1 Å². The van der Waals surface area contributed by atoms with Crippen molar-refractivity contribution < 1.29 is 0 Å². The maximum absolute atomic E-state index is 6.32. The van der Waals surface area contributed by atoms with Crippen LogP contribution in [0, 0.1) is 6.92 Å². The lowest BCUT2D eigenvalue weighted by molar-refractivity contribution is 0.686. The Morgan fingerprint density at radius 1 is 1.11 bits per heavy atom. The van der Waals surface area contributed by atoms with Crippen LogP contribution in [0.5, 0.6) is 0 Å². The number of hydrogen-bond acceptors (Lipinski definition) is 4. The minimum absolute atomic E-state index is 0.343. The maximum atomic E-state index is 6.32. The molecule has 0 fully saturated rings. The molecule has 0 saturated heterocycles. The van der Waals surface area contributed by atoms with Crippen LogP contribution in [-0.2, 0) is 12.8 Å².